The van der Waals surface area contributed by atoms with Gasteiger partial charge in [0.2, 0.25) is 21.7 Å². The third kappa shape index (κ3) is 5.85. The van der Waals surface area contributed by atoms with Gasteiger partial charge in [-0.3, -0.25) is 9.59 Å². The van der Waals surface area contributed by atoms with Crippen LogP contribution in [0.2, 0.25) is 0 Å². The predicted molar refractivity (Wildman–Crippen MR) is 124 cm³/mol. The number of ketones is 1. The Labute approximate surface area is 194 Å². The van der Waals surface area contributed by atoms with Crippen LogP contribution >= 0.6 is 0 Å². The summed E-state index contributed by atoms with van der Waals surface area (Å²) in [6.45, 7) is 5.45. The molecule has 0 spiro atoms. The molecule has 3 rings (SSSR count). The van der Waals surface area contributed by atoms with Crippen molar-refractivity contribution in [3.8, 4) is 0 Å². The third-order valence-corrected chi connectivity index (χ3v) is 7.54. The number of anilines is 1. The van der Waals surface area contributed by atoms with Gasteiger partial charge in [-0.1, -0.05) is 12.5 Å². The molecular weight excluding hydrogens is 444 g/mol. The molecule has 1 amide bonds. The quantitative estimate of drug-likeness (QED) is 0.487. The number of rotatable bonds is 7. The number of esters is 1. The monoisotopic (exact) mass is 472 g/mol. The van der Waals surface area contributed by atoms with Crippen molar-refractivity contribution < 1.29 is 27.5 Å². The lowest BCUT2D eigenvalue weighted by Gasteiger charge is -2.26. The Morgan fingerprint density at radius 3 is 2.18 bits per heavy atom. The van der Waals surface area contributed by atoms with Crippen molar-refractivity contribution >= 4 is 33.4 Å². The number of hydrogen-bond donors (Lipinski definition) is 1. The molecule has 9 heteroatoms. The van der Waals surface area contributed by atoms with Crippen LogP contribution in [-0.4, -0.2) is 49.6 Å². The zero-order valence-corrected chi connectivity index (χ0v) is 19.8. The maximum atomic E-state index is 13.1. The molecule has 33 heavy (non-hydrogen) atoms. The highest BCUT2D eigenvalue weighted by Crippen LogP contribution is 2.25. The largest absolute Gasteiger partial charge is 0.451 e. The van der Waals surface area contributed by atoms with Crippen LogP contribution < -0.4 is 5.32 Å². The fraction of sp³-hybridized carbons (Fsp3) is 0.375. The number of amides is 1. The van der Waals surface area contributed by atoms with Crippen LogP contribution in [-0.2, 0) is 19.6 Å². The summed E-state index contributed by atoms with van der Waals surface area (Å²) in [5.41, 5.74) is 1.48. The zero-order chi connectivity index (χ0) is 24.2. The van der Waals surface area contributed by atoms with E-state index in [1.54, 1.807) is 25.1 Å². The van der Waals surface area contributed by atoms with Crippen LogP contribution in [0.1, 0.15) is 59.4 Å². The number of nitrogens with one attached hydrogen (secondary N) is 1. The van der Waals surface area contributed by atoms with Crippen LogP contribution in [0.5, 0.6) is 0 Å². The van der Waals surface area contributed by atoms with Gasteiger partial charge >= 0.3 is 5.97 Å². The highest BCUT2D eigenvalue weighted by Gasteiger charge is 2.29. The lowest BCUT2D eigenvalue weighted by Crippen LogP contribution is -2.36. The molecule has 1 aliphatic heterocycles. The number of aryl methyl sites for hydroxylation is 1. The van der Waals surface area contributed by atoms with Crippen LogP contribution in [0.4, 0.5) is 5.69 Å². The topological polar surface area (TPSA) is 110 Å². The van der Waals surface area contributed by atoms with Crippen LogP contribution in [0.3, 0.4) is 0 Å². The Morgan fingerprint density at radius 1 is 0.970 bits per heavy atom. The predicted octanol–water partition coefficient (Wildman–Crippen LogP) is 3.56. The van der Waals surface area contributed by atoms with E-state index in [0.717, 1.165) is 19.3 Å². The van der Waals surface area contributed by atoms with Gasteiger partial charge in [0.1, 0.15) is 0 Å². The first-order valence-corrected chi connectivity index (χ1v) is 12.3. The molecule has 8 nitrogen and oxygen atoms in total. The minimum absolute atomic E-state index is 0.0665. The minimum Gasteiger partial charge on any atom is -0.451 e. The molecular formula is C24H28N2O6S. The minimum atomic E-state index is -3.72. The standard InChI is InChI=1S/C24H28N2O6S/c1-16-7-8-20(15-22(16)33(30,31)26-13-5-4-6-14-26)24(29)32-17(2)23(28)19-9-11-21(12-10-19)25-18(3)27/h7-12,15,17H,4-6,13-14H2,1-3H3,(H,25,27). The van der Waals surface area contributed by atoms with Crippen molar-refractivity contribution in [1.29, 1.82) is 0 Å². The first kappa shape index (κ1) is 24.6. The molecule has 1 saturated heterocycles. The second-order valence-corrected chi connectivity index (χ2v) is 10.0. The number of carbonyl (C=O) groups excluding carboxylic acids is 3. The van der Waals surface area contributed by atoms with Crippen molar-refractivity contribution in [3.05, 3.63) is 59.2 Å². The summed E-state index contributed by atoms with van der Waals surface area (Å²) < 4.78 is 33.0. The van der Waals surface area contributed by atoms with E-state index in [1.807, 2.05) is 0 Å². The smallest absolute Gasteiger partial charge is 0.338 e. The average molecular weight is 473 g/mol. The Bertz CT molecular complexity index is 1150. The number of carbonyl (C=O) groups is 3. The Kier molecular flexibility index (Phi) is 7.65. The van der Waals surface area contributed by atoms with Gasteiger partial charge in [0, 0.05) is 31.3 Å². The van der Waals surface area contributed by atoms with Crippen molar-refractivity contribution in [3.63, 3.8) is 0 Å². The Morgan fingerprint density at radius 2 is 1.58 bits per heavy atom. The molecule has 0 aromatic heterocycles. The first-order valence-electron chi connectivity index (χ1n) is 10.8. The van der Waals surface area contributed by atoms with E-state index in [4.69, 9.17) is 4.74 Å². The first-order chi connectivity index (χ1) is 15.6. The normalized spacial score (nSPS) is 15.5. The fourth-order valence-electron chi connectivity index (χ4n) is 3.69. The van der Waals surface area contributed by atoms with Gasteiger partial charge in [0.15, 0.2) is 6.10 Å². The summed E-state index contributed by atoms with van der Waals surface area (Å²) in [4.78, 5) is 36.6. The third-order valence-electron chi connectivity index (χ3n) is 5.50. The van der Waals surface area contributed by atoms with Crippen LogP contribution in [0.25, 0.3) is 0 Å². The lowest BCUT2D eigenvalue weighted by molar-refractivity contribution is -0.114. The molecule has 0 saturated carbocycles. The molecule has 0 bridgehead atoms. The van der Waals surface area contributed by atoms with Gasteiger partial charge in [-0.25, -0.2) is 13.2 Å². The van der Waals surface area contributed by atoms with Gasteiger partial charge < -0.3 is 10.1 Å². The highest BCUT2D eigenvalue weighted by molar-refractivity contribution is 7.89. The van der Waals surface area contributed by atoms with Crippen molar-refractivity contribution in [2.75, 3.05) is 18.4 Å². The maximum absolute atomic E-state index is 13.1. The maximum Gasteiger partial charge on any atom is 0.338 e. The van der Waals surface area contributed by atoms with Gasteiger partial charge in [0.05, 0.1) is 10.5 Å². The number of nitrogens with zero attached hydrogens (tertiary/aromatic N) is 1. The summed E-state index contributed by atoms with van der Waals surface area (Å²) in [6.07, 6.45) is 1.54. The van der Waals surface area contributed by atoms with Crippen molar-refractivity contribution in [2.24, 2.45) is 0 Å². The summed E-state index contributed by atoms with van der Waals surface area (Å²) in [7, 11) is -3.72. The molecule has 1 fully saturated rings. The fourth-order valence-corrected chi connectivity index (χ4v) is 5.46. The van der Waals surface area contributed by atoms with E-state index >= 15 is 0 Å². The molecule has 1 unspecified atom stereocenters. The molecule has 0 aliphatic carbocycles. The summed E-state index contributed by atoms with van der Waals surface area (Å²) in [5, 5.41) is 2.61. The van der Waals surface area contributed by atoms with E-state index < -0.39 is 27.9 Å². The average Bonchev–Trinajstić information content (AvgIpc) is 2.79. The van der Waals surface area contributed by atoms with Crippen LogP contribution in [0.15, 0.2) is 47.4 Å². The molecule has 1 heterocycles. The van der Waals surface area contributed by atoms with Crippen LogP contribution in [0, 0.1) is 6.92 Å². The summed E-state index contributed by atoms with van der Waals surface area (Å²) >= 11 is 0. The Balaban J connectivity index is 1.74. The SMILES string of the molecule is CC(=O)Nc1ccc(C(=O)C(C)OC(=O)c2ccc(C)c(S(=O)(=O)N3CCCCC3)c2)cc1. The highest BCUT2D eigenvalue weighted by atomic mass is 32.2. The second-order valence-electron chi connectivity index (χ2n) is 8.12. The van der Waals surface area contributed by atoms with E-state index in [2.05, 4.69) is 5.32 Å². The molecule has 176 valence electrons. The second kappa shape index (κ2) is 10.3. The number of benzene rings is 2. The lowest BCUT2D eigenvalue weighted by atomic mass is 10.1. The van der Waals surface area contributed by atoms with Crippen molar-refractivity contribution in [2.45, 2.75) is 51.0 Å². The molecule has 1 atom stereocenters. The van der Waals surface area contributed by atoms with E-state index in [0.29, 0.717) is 29.9 Å². The number of ether oxygens (including phenoxy) is 1. The van der Waals surface area contributed by atoms with E-state index in [1.165, 1.54) is 42.4 Å². The molecule has 1 N–H and O–H groups in total. The van der Waals surface area contributed by atoms with E-state index in [-0.39, 0.29) is 16.4 Å². The number of sulfonamides is 1. The Hall–Kier alpha value is -3.04. The van der Waals surface area contributed by atoms with Gasteiger partial charge in [-0.05, 0) is 68.7 Å². The number of piperidine rings is 1. The van der Waals surface area contributed by atoms with Gasteiger partial charge in [-0.2, -0.15) is 4.31 Å². The van der Waals surface area contributed by atoms with Gasteiger partial charge in [0.25, 0.3) is 0 Å². The summed E-state index contributed by atoms with van der Waals surface area (Å²) in [5.74, 6) is -1.41. The molecule has 2 aromatic rings. The molecule has 0 radical (unpaired) electrons. The van der Waals surface area contributed by atoms with E-state index in [9.17, 15) is 22.8 Å². The van der Waals surface area contributed by atoms with Gasteiger partial charge in [-0.15, -0.1) is 0 Å². The summed E-state index contributed by atoms with van der Waals surface area (Å²) in [6, 6.07) is 10.6. The zero-order valence-electron chi connectivity index (χ0n) is 19.0. The molecule has 1 aliphatic rings. The number of Topliss-reactive ketones (excluding diaryl/α,β-unsaturated/α-hetero) is 1. The molecule has 2 aromatic carbocycles. The van der Waals surface area contributed by atoms with Crippen molar-refractivity contribution in [1.82, 2.24) is 4.31 Å². The number of hydrogen-bond acceptors (Lipinski definition) is 6.